The number of hydrogen-bond acceptors (Lipinski definition) is 3. The SMILES string of the molecule is CC(C)NCc1ccc(-c2ccc(OC3CC3)cc2)o1. The second-order valence-corrected chi connectivity index (χ2v) is 5.64. The molecule has 0 aliphatic heterocycles. The van der Waals surface area contributed by atoms with Crippen molar-refractivity contribution in [3.05, 3.63) is 42.2 Å². The van der Waals surface area contributed by atoms with Gasteiger partial charge in [-0.05, 0) is 49.2 Å². The Kier molecular flexibility index (Phi) is 3.79. The van der Waals surface area contributed by atoms with E-state index in [1.807, 2.05) is 24.3 Å². The second-order valence-electron chi connectivity index (χ2n) is 5.64. The van der Waals surface area contributed by atoms with Crippen molar-refractivity contribution in [3.63, 3.8) is 0 Å². The van der Waals surface area contributed by atoms with Crippen LogP contribution in [-0.2, 0) is 6.54 Å². The van der Waals surface area contributed by atoms with E-state index in [4.69, 9.17) is 9.15 Å². The molecular weight excluding hydrogens is 250 g/mol. The Labute approximate surface area is 119 Å². The molecule has 3 heteroatoms. The van der Waals surface area contributed by atoms with Crippen LogP contribution in [0.2, 0.25) is 0 Å². The molecular formula is C17H21NO2. The standard InChI is InChI=1S/C17H21NO2/c1-12(2)18-11-16-9-10-17(20-16)13-3-5-14(6-4-13)19-15-7-8-15/h3-6,9-10,12,15,18H,7-8,11H2,1-2H3. The molecule has 106 valence electrons. The third-order valence-electron chi connectivity index (χ3n) is 3.31. The zero-order valence-corrected chi connectivity index (χ0v) is 12.1. The van der Waals surface area contributed by atoms with E-state index < -0.39 is 0 Å². The lowest BCUT2D eigenvalue weighted by molar-refractivity contribution is 0.303. The predicted molar refractivity (Wildman–Crippen MR) is 79.8 cm³/mol. The number of benzene rings is 1. The maximum atomic E-state index is 5.85. The molecule has 0 atom stereocenters. The van der Waals surface area contributed by atoms with Crippen LogP contribution in [0.3, 0.4) is 0 Å². The van der Waals surface area contributed by atoms with E-state index in [2.05, 4.69) is 31.3 Å². The Balaban J connectivity index is 1.65. The van der Waals surface area contributed by atoms with E-state index in [-0.39, 0.29) is 0 Å². The molecule has 3 nitrogen and oxygen atoms in total. The Morgan fingerprint density at radius 3 is 2.55 bits per heavy atom. The largest absolute Gasteiger partial charge is 0.490 e. The van der Waals surface area contributed by atoms with Gasteiger partial charge in [0.05, 0.1) is 12.6 Å². The zero-order valence-electron chi connectivity index (χ0n) is 12.1. The van der Waals surface area contributed by atoms with Gasteiger partial charge in [-0.25, -0.2) is 0 Å². The molecule has 3 rings (SSSR count). The van der Waals surface area contributed by atoms with Gasteiger partial charge in [-0.15, -0.1) is 0 Å². The average Bonchev–Trinajstić information content (AvgIpc) is 3.12. The molecule has 1 aliphatic rings. The van der Waals surface area contributed by atoms with Crippen LogP contribution in [0.25, 0.3) is 11.3 Å². The minimum Gasteiger partial charge on any atom is -0.490 e. The summed E-state index contributed by atoms with van der Waals surface area (Å²) in [4.78, 5) is 0. The van der Waals surface area contributed by atoms with Gasteiger partial charge in [-0.1, -0.05) is 13.8 Å². The van der Waals surface area contributed by atoms with Crippen molar-refractivity contribution in [1.82, 2.24) is 5.32 Å². The molecule has 1 aromatic heterocycles. The topological polar surface area (TPSA) is 34.4 Å². The smallest absolute Gasteiger partial charge is 0.134 e. The lowest BCUT2D eigenvalue weighted by Crippen LogP contribution is -2.21. The molecule has 1 heterocycles. The van der Waals surface area contributed by atoms with Crippen molar-refractivity contribution >= 4 is 0 Å². The van der Waals surface area contributed by atoms with Gasteiger partial charge in [0, 0.05) is 11.6 Å². The molecule has 1 aliphatic carbocycles. The van der Waals surface area contributed by atoms with Crippen molar-refractivity contribution in [1.29, 1.82) is 0 Å². The summed E-state index contributed by atoms with van der Waals surface area (Å²) in [5.74, 6) is 2.82. The van der Waals surface area contributed by atoms with Crippen LogP contribution in [0.15, 0.2) is 40.8 Å². The number of nitrogens with one attached hydrogen (secondary N) is 1. The van der Waals surface area contributed by atoms with Crippen molar-refractivity contribution < 1.29 is 9.15 Å². The first kappa shape index (κ1) is 13.3. The summed E-state index contributed by atoms with van der Waals surface area (Å²) in [6, 6.07) is 12.6. The number of hydrogen-bond donors (Lipinski definition) is 1. The van der Waals surface area contributed by atoms with Crippen LogP contribution in [-0.4, -0.2) is 12.1 Å². The van der Waals surface area contributed by atoms with Crippen molar-refractivity contribution in [2.24, 2.45) is 0 Å². The Morgan fingerprint density at radius 2 is 1.90 bits per heavy atom. The molecule has 1 aromatic carbocycles. The van der Waals surface area contributed by atoms with Gasteiger partial charge in [0.15, 0.2) is 0 Å². The fourth-order valence-corrected chi connectivity index (χ4v) is 2.01. The van der Waals surface area contributed by atoms with E-state index in [1.165, 1.54) is 12.8 Å². The molecule has 0 radical (unpaired) electrons. The highest BCUT2D eigenvalue weighted by atomic mass is 16.5. The van der Waals surface area contributed by atoms with E-state index in [0.29, 0.717) is 12.1 Å². The quantitative estimate of drug-likeness (QED) is 0.862. The first-order chi connectivity index (χ1) is 9.70. The minimum atomic E-state index is 0.443. The van der Waals surface area contributed by atoms with Gasteiger partial charge < -0.3 is 14.5 Å². The average molecular weight is 271 g/mol. The molecule has 20 heavy (non-hydrogen) atoms. The van der Waals surface area contributed by atoms with Crippen molar-refractivity contribution in [2.45, 2.75) is 45.4 Å². The fraction of sp³-hybridized carbons (Fsp3) is 0.412. The van der Waals surface area contributed by atoms with E-state index in [1.54, 1.807) is 0 Å². The van der Waals surface area contributed by atoms with Gasteiger partial charge >= 0.3 is 0 Å². The van der Waals surface area contributed by atoms with Gasteiger partial charge in [0.1, 0.15) is 17.3 Å². The summed E-state index contributed by atoms with van der Waals surface area (Å²) in [5.41, 5.74) is 1.09. The van der Waals surface area contributed by atoms with Crippen LogP contribution in [0, 0.1) is 0 Å². The summed E-state index contributed by atoms with van der Waals surface area (Å²) in [6.45, 7) is 5.02. The molecule has 0 amide bonds. The molecule has 1 saturated carbocycles. The lowest BCUT2D eigenvalue weighted by atomic mass is 10.2. The number of rotatable bonds is 6. The lowest BCUT2D eigenvalue weighted by Gasteiger charge is -2.06. The second kappa shape index (κ2) is 5.71. The predicted octanol–water partition coefficient (Wildman–Crippen LogP) is 3.99. The van der Waals surface area contributed by atoms with Crippen molar-refractivity contribution in [2.75, 3.05) is 0 Å². The molecule has 2 aromatic rings. The first-order valence-corrected chi connectivity index (χ1v) is 7.30. The zero-order chi connectivity index (χ0) is 13.9. The van der Waals surface area contributed by atoms with Crippen LogP contribution >= 0.6 is 0 Å². The van der Waals surface area contributed by atoms with E-state index in [0.717, 1.165) is 29.4 Å². The van der Waals surface area contributed by atoms with Gasteiger partial charge in [0.25, 0.3) is 0 Å². The summed E-state index contributed by atoms with van der Waals surface area (Å²) < 4.78 is 11.6. The highest BCUT2D eigenvalue weighted by molar-refractivity contribution is 5.58. The highest BCUT2D eigenvalue weighted by Gasteiger charge is 2.23. The van der Waals surface area contributed by atoms with Crippen LogP contribution < -0.4 is 10.1 Å². The highest BCUT2D eigenvalue weighted by Crippen LogP contribution is 2.29. The first-order valence-electron chi connectivity index (χ1n) is 7.30. The van der Waals surface area contributed by atoms with Gasteiger partial charge in [-0.2, -0.15) is 0 Å². The normalized spacial score (nSPS) is 14.8. The summed E-state index contributed by atoms with van der Waals surface area (Å²) >= 11 is 0. The summed E-state index contributed by atoms with van der Waals surface area (Å²) in [7, 11) is 0. The summed E-state index contributed by atoms with van der Waals surface area (Å²) in [6.07, 6.45) is 2.82. The molecule has 0 bridgehead atoms. The van der Waals surface area contributed by atoms with Crippen LogP contribution in [0.4, 0.5) is 0 Å². The maximum absolute atomic E-state index is 5.85. The Morgan fingerprint density at radius 1 is 1.15 bits per heavy atom. The Hall–Kier alpha value is -1.74. The molecule has 0 spiro atoms. The molecule has 0 unspecified atom stereocenters. The summed E-state index contributed by atoms with van der Waals surface area (Å²) in [5, 5.41) is 3.35. The van der Waals surface area contributed by atoms with Crippen molar-refractivity contribution in [3.8, 4) is 17.1 Å². The van der Waals surface area contributed by atoms with Gasteiger partial charge in [0.2, 0.25) is 0 Å². The van der Waals surface area contributed by atoms with Crippen LogP contribution in [0.1, 0.15) is 32.4 Å². The van der Waals surface area contributed by atoms with Gasteiger partial charge in [-0.3, -0.25) is 0 Å². The fourth-order valence-electron chi connectivity index (χ4n) is 2.01. The maximum Gasteiger partial charge on any atom is 0.134 e. The third-order valence-corrected chi connectivity index (χ3v) is 3.31. The molecule has 1 N–H and O–H groups in total. The molecule has 1 fully saturated rings. The monoisotopic (exact) mass is 271 g/mol. The van der Waals surface area contributed by atoms with Crippen LogP contribution in [0.5, 0.6) is 5.75 Å². The number of furan rings is 1. The van der Waals surface area contributed by atoms with E-state index in [9.17, 15) is 0 Å². The number of ether oxygens (including phenoxy) is 1. The van der Waals surface area contributed by atoms with E-state index >= 15 is 0 Å². The third kappa shape index (κ3) is 3.42. The minimum absolute atomic E-state index is 0.443. The Bertz CT molecular complexity index is 553. The molecule has 0 saturated heterocycles.